The number of benzene rings is 1. The molecule has 1 atom stereocenters. The molecule has 1 unspecified atom stereocenters. The summed E-state index contributed by atoms with van der Waals surface area (Å²) in [6.07, 6.45) is 1.73. The molecule has 0 bridgehead atoms. The van der Waals surface area contributed by atoms with Gasteiger partial charge in [0.15, 0.2) is 0 Å². The molecule has 2 aliphatic rings. The lowest BCUT2D eigenvalue weighted by Crippen LogP contribution is -2.53. The Hall–Kier alpha value is -1.68. The zero-order valence-corrected chi connectivity index (χ0v) is 18.8. The third-order valence-electron chi connectivity index (χ3n) is 5.63. The zero-order valence-electron chi connectivity index (χ0n) is 17.2. The van der Waals surface area contributed by atoms with Gasteiger partial charge in [0.1, 0.15) is 4.90 Å². The van der Waals surface area contributed by atoms with Gasteiger partial charge in [-0.1, -0.05) is 23.7 Å². The second kappa shape index (κ2) is 10.1. The summed E-state index contributed by atoms with van der Waals surface area (Å²) in [5.74, 6) is -0.0569. The molecule has 8 nitrogen and oxygen atoms in total. The molecule has 1 N–H and O–H groups in total. The molecular formula is C20H29ClN4O4S. The minimum atomic E-state index is -3.68. The third kappa shape index (κ3) is 5.32. The van der Waals surface area contributed by atoms with E-state index in [1.807, 2.05) is 11.8 Å². The van der Waals surface area contributed by atoms with Gasteiger partial charge in [-0.2, -0.15) is 4.31 Å². The number of sulfonamides is 1. The second-order valence-corrected chi connectivity index (χ2v) is 10.00. The fourth-order valence-electron chi connectivity index (χ4n) is 3.99. The minimum absolute atomic E-state index is 0.0265. The quantitative estimate of drug-likeness (QED) is 0.690. The van der Waals surface area contributed by atoms with Crippen LogP contribution in [0.15, 0.2) is 29.2 Å². The number of hydrogen-bond acceptors (Lipinski definition) is 5. The lowest BCUT2D eigenvalue weighted by Gasteiger charge is -2.36. The number of carbonyl (C=O) groups is 2. The maximum absolute atomic E-state index is 12.8. The Balaban J connectivity index is 1.53. The van der Waals surface area contributed by atoms with Crippen LogP contribution in [0.1, 0.15) is 19.8 Å². The first kappa shape index (κ1) is 23.0. The number of piperazine rings is 1. The van der Waals surface area contributed by atoms with E-state index in [-0.39, 0.29) is 47.3 Å². The molecule has 0 radical (unpaired) electrons. The maximum Gasteiger partial charge on any atom is 0.244 e. The van der Waals surface area contributed by atoms with E-state index < -0.39 is 10.0 Å². The topological polar surface area (TPSA) is 90.0 Å². The largest absolute Gasteiger partial charge is 0.356 e. The summed E-state index contributed by atoms with van der Waals surface area (Å²) in [5.41, 5.74) is 0. The summed E-state index contributed by atoms with van der Waals surface area (Å²) in [6, 6.07) is 6.39. The highest BCUT2D eigenvalue weighted by Crippen LogP contribution is 2.25. The van der Waals surface area contributed by atoms with Gasteiger partial charge >= 0.3 is 0 Å². The summed E-state index contributed by atoms with van der Waals surface area (Å²) in [7, 11) is -3.68. The van der Waals surface area contributed by atoms with Crippen LogP contribution in [0.25, 0.3) is 0 Å². The molecule has 0 saturated carbocycles. The van der Waals surface area contributed by atoms with Crippen molar-refractivity contribution in [1.29, 1.82) is 0 Å². The molecule has 3 rings (SSSR count). The Morgan fingerprint density at radius 1 is 1.13 bits per heavy atom. The molecule has 166 valence electrons. The predicted octanol–water partition coefficient (Wildman–Crippen LogP) is 1.02. The standard InChI is InChI=1S/C20H29ClN4O4S/c1-2-22-20(27)16-6-5-9-23(14-16)15-19(26)24-10-12-25(13-11-24)30(28,29)18-8-4-3-7-17(18)21/h3-4,7-8,16H,2,5-6,9-15H2,1H3,(H,22,27). The van der Waals surface area contributed by atoms with Gasteiger partial charge in [-0.25, -0.2) is 8.42 Å². The van der Waals surface area contributed by atoms with Gasteiger partial charge in [-0.3, -0.25) is 14.5 Å². The van der Waals surface area contributed by atoms with Gasteiger partial charge in [-0.15, -0.1) is 0 Å². The van der Waals surface area contributed by atoms with Gasteiger partial charge in [0.25, 0.3) is 0 Å². The van der Waals surface area contributed by atoms with E-state index in [2.05, 4.69) is 5.32 Å². The minimum Gasteiger partial charge on any atom is -0.356 e. The van der Waals surface area contributed by atoms with Crippen LogP contribution in [0.3, 0.4) is 0 Å². The Morgan fingerprint density at radius 3 is 2.50 bits per heavy atom. The maximum atomic E-state index is 12.8. The third-order valence-corrected chi connectivity index (χ3v) is 8.03. The van der Waals surface area contributed by atoms with Crippen LogP contribution in [-0.2, 0) is 19.6 Å². The summed E-state index contributed by atoms with van der Waals surface area (Å²) < 4.78 is 27.1. The molecule has 10 heteroatoms. The van der Waals surface area contributed by atoms with Crippen molar-refractivity contribution >= 4 is 33.4 Å². The number of nitrogens with zero attached hydrogens (tertiary/aromatic N) is 3. The summed E-state index contributed by atoms with van der Waals surface area (Å²) >= 11 is 6.06. The van der Waals surface area contributed by atoms with Crippen molar-refractivity contribution in [3.63, 3.8) is 0 Å². The molecular weight excluding hydrogens is 428 g/mol. The molecule has 30 heavy (non-hydrogen) atoms. The molecule has 2 aliphatic heterocycles. The molecule has 2 amide bonds. The number of hydrogen-bond donors (Lipinski definition) is 1. The molecule has 0 spiro atoms. The fraction of sp³-hybridized carbons (Fsp3) is 0.600. The van der Waals surface area contributed by atoms with Crippen LogP contribution < -0.4 is 5.32 Å². The molecule has 1 aromatic rings. The SMILES string of the molecule is CCNC(=O)C1CCCN(CC(=O)N2CCN(S(=O)(=O)c3ccccc3Cl)CC2)C1. The molecule has 2 heterocycles. The number of amides is 2. The number of piperidine rings is 1. The first-order valence-corrected chi connectivity index (χ1v) is 12.2. The van der Waals surface area contributed by atoms with E-state index in [9.17, 15) is 18.0 Å². The monoisotopic (exact) mass is 456 g/mol. The van der Waals surface area contributed by atoms with Crippen LogP contribution in [0, 0.1) is 5.92 Å². The molecule has 0 aliphatic carbocycles. The Labute approximate surface area is 183 Å². The highest BCUT2D eigenvalue weighted by molar-refractivity contribution is 7.89. The van der Waals surface area contributed by atoms with E-state index in [1.165, 1.54) is 10.4 Å². The van der Waals surface area contributed by atoms with Crippen molar-refractivity contribution in [2.45, 2.75) is 24.7 Å². The highest BCUT2D eigenvalue weighted by Gasteiger charge is 2.32. The Bertz CT molecular complexity index is 871. The van der Waals surface area contributed by atoms with Crippen LogP contribution in [0.2, 0.25) is 5.02 Å². The lowest BCUT2D eigenvalue weighted by molar-refractivity contribution is -0.135. The molecule has 2 saturated heterocycles. The summed E-state index contributed by atoms with van der Waals surface area (Å²) in [4.78, 5) is 28.7. The van der Waals surface area contributed by atoms with Crippen molar-refractivity contribution in [1.82, 2.24) is 19.4 Å². The smallest absolute Gasteiger partial charge is 0.244 e. The second-order valence-electron chi connectivity index (χ2n) is 7.68. The van der Waals surface area contributed by atoms with E-state index in [4.69, 9.17) is 11.6 Å². The normalized spacial score (nSPS) is 21.4. The average Bonchev–Trinajstić information content (AvgIpc) is 2.74. The number of carbonyl (C=O) groups excluding carboxylic acids is 2. The zero-order chi connectivity index (χ0) is 21.7. The summed E-state index contributed by atoms with van der Waals surface area (Å²) in [6.45, 7) is 5.30. The van der Waals surface area contributed by atoms with Crippen LogP contribution in [0.4, 0.5) is 0 Å². The van der Waals surface area contributed by atoms with Crippen LogP contribution >= 0.6 is 11.6 Å². The van der Waals surface area contributed by atoms with E-state index in [0.29, 0.717) is 26.2 Å². The van der Waals surface area contributed by atoms with Gasteiger partial charge in [0, 0.05) is 39.3 Å². The van der Waals surface area contributed by atoms with Crippen LogP contribution in [0.5, 0.6) is 0 Å². The Kier molecular flexibility index (Phi) is 7.73. The molecule has 1 aromatic carbocycles. The van der Waals surface area contributed by atoms with Gasteiger partial charge in [0.05, 0.1) is 17.5 Å². The van der Waals surface area contributed by atoms with Crippen molar-refractivity contribution in [3.8, 4) is 0 Å². The highest BCUT2D eigenvalue weighted by atomic mass is 35.5. The Morgan fingerprint density at radius 2 is 1.83 bits per heavy atom. The lowest BCUT2D eigenvalue weighted by atomic mass is 9.97. The number of likely N-dealkylation sites (tertiary alicyclic amines) is 1. The number of halogens is 1. The van der Waals surface area contributed by atoms with E-state index in [1.54, 1.807) is 23.1 Å². The van der Waals surface area contributed by atoms with Gasteiger partial charge in [0.2, 0.25) is 21.8 Å². The molecule has 0 aromatic heterocycles. The summed E-state index contributed by atoms with van der Waals surface area (Å²) in [5, 5.41) is 3.05. The molecule has 2 fully saturated rings. The fourth-order valence-corrected chi connectivity index (χ4v) is 5.91. The number of rotatable bonds is 6. The predicted molar refractivity (Wildman–Crippen MR) is 115 cm³/mol. The van der Waals surface area contributed by atoms with Crippen molar-refractivity contribution in [2.75, 3.05) is 52.4 Å². The van der Waals surface area contributed by atoms with Crippen molar-refractivity contribution in [2.24, 2.45) is 5.92 Å². The number of nitrogens with one attached hydrogen (secondary N) is 1. The average molecular weight is 457 g/mol. The van der Waals surface area contributed by atoms with Crippen molar-refractivity contribution < 1.29 is 18.0 Å². The van der Waals surface area contributed by atoms with E-state index >= 15 is 0 Å². The van der Waals surface area contributed by atoms with Gasteiger partial charge < -0.3 is 10.2 Å². The van der Waals surface area contributed by atoms with Gasteiger partial charge in [-0.05, 0) is 38.4 Å². The van der Waals surface area contributed by atoms with E-state index in [0.717, 1.165) is 19.4 Å². The van der Waals surface area contributed by atoms with Crippen LogP contribution in [-0.4, -0.2) is 86.7 Å². The first-order chi connectivity index (χ1) is 14.3. The van der Waals surface area contributed by atoms with Crippen molar-refractivity contribution in [3.05, 3.63) is 29.3 Å². The first-order valence-electron chi connectivity index (χ1n) is 10.4.